The molecular formula is C13H15NO3. The average Bonchev–Trinajstić information content (AvgIpc) is 2.94. The molecule has 0 aliphatic carbocycles. The Kier molecular flexibility index (Phi) is 2.42. The number of fused-ring (bicyclic) bond motifs is 1. The van der Waals surface area contributed by atoms with Crippen LogP contribution in [0.25, 0.3) is 0 Å². The number of methoxy groups -OCH3 is 1. The monoisotopic (exact) mass is 233 g/mol. The van der Waals surface area contributed by atoms with Crippen LogP contribution in [0.2, 0.25) is 0 Å². The van der Waals surface area contributed by atoms with E-state index in [9.17, 15) is 4.79 Å². The number of amides is 1. The molecule has 2 aliphatic rings. The van der Waals surface area contributed by atoms with Gasteiger partial charge in [0, 0.05) is 6.54 Å². The van der Waals surface area contributed by atoms with Crippen LogP contribution in [0.15, 0.2) is 24.3 Å². The van der Waals surface area contributed by atoms with Crippen LogP contribution in [0.3, 0.4) is 0 Å². The zero-order valence-corrected chi connectivity index (χ0v) is 9.76. The lowest BCUT2D eigenvalue weighted by Gasteiger charge is -2.16. The summed E-state index contributed by atoms with van der Waals surface area (Å²) in [5.74, 6) is 0.821. The first-order chi connectivity index (χ1) is 8.29. The second-order valence-electron chi connectivity index (χ2n) is 4.48. The highest BCUT2D eigenvalue weighted by Crippen LogP contribution is 2.38. The summed E-state index contributed by atoms with van der Waals surface area (Å²) >= 11 is 0. The fourth-order valence-electron chi connectivity index (χ4n) is 2.67. The van der Waals surface area contributed by atoms with E-state index in [4.69, 9.17) is 9.47 Å². The van der Waals surface area contributed by atoms with Crippen molar-refractivity contribution in [2.75, 3.05) is 13.7 Å². The summed E-state index contributed by atoms with van der Waals surface area (Å²) in [6.45, 7) is 0.830. The summed E-state index contributed by atoms with van der Waals surface area (Å²) in [6.07, 6.45) is 1.82. The molecular weight excluding hydrogens is 218 g/mol. The Balaban J connectivity index is 1.86. The number of hydrogen-bond acceptors (Lipinski definition) is 3. The van der Waals surface area contributed by atoms with E-state index in [0.29, 0.717) is 0 Å². The highest BCUT2D eigenvalue weighted by molar-refractivity contribution is 5.71. The molecule has 2 saturated heterocycles. The Bertz CT molecular complexity index is 429. The molecule has 2 aliphatic heterocycles. The topological polar surface area (TPSA) is 38.8 Å². The van der Waals surface area contributed by atoms with Gasteiger partial charge in [-0.1, -0.05) is 12.1 Å². The molecule has 1 aromatic rings. The number of nitrogens with zero attached hydrogens (tertiary/aromatic N) is 1. The van der Waals surface area contributed by atoms with Crippen LogP contribution in [0.1, 0.15) is 24.5 Å². The average molecular weight is 233 g/mol. The zero-order chi connectivity index (χ0) is 11.8. The molecule has 2 fully saturated rings. The van der Waals surface area contributed by atoms with Gasteiger partial charge < -0.3 is 14.4 Å². The van der Waals surface area contributed by atoms with Crippen molar-refractivity contribution >= 4 is 6.09 Å². The third-order valence-electron chi connectivity index (χ3n) is 3.56. The highest BCUT2D eigenvalue weighted by atomic mass is 16.6. The van der Waals surface area contributed by atoms with Crippen molar-refractivity contribution in [2.24, 2.45) is 0 Å². The quantitative estimate of drug-likeness (QED) is 0.787. The minimum atomic E-state index is -0.173. The maximum Gasteiger partial charge on any atom is 0.410 e. The maximum absolute atomic E-state index is 11.6. The molecule has 0 bridgehead atoms. The minimum Gasteiger partial charge on any atom is -0.497 e. The predicted octanol–water partition coefficient (Wildman–Crippen LogP) is 2.35. The fourth-order valence-corrected chi connectivity index (χ4v) is 2.67. The van der Waals surface area contributed by atoms with Crippen molar-refractivity contribution in [3.05, 3.63) is 29.8 Å². The lowest BCUT2D eigenvalue weighted by atomic mass is 10.0. The van der Waals surface area contributed by atoms with Crippen molar-refractivity contribution in [3.63, 3.8) is 0 Å². The zero-order valence-electron chi connectivity index (χ0n) is 9.76. The van der Waals surface area contributed by atoms with Gasteiger partial charge in [-0.3, -0.25) is 0 Å². The molecule has 90 valence electrons. The molecule has 2 atom stereocenters. The molecule has 1 aromatic carbocycles. The van der Waals surface area contributed by atoms with Crippen LogP contribution in [-0.2, 0) is 4.74 Å². The predicted molar refractivity (Wildman–Crippen MR) is 61.9 cm³/mol. The smallest absolute Gasteiger partial charge is 0.410 e. The van der Waals surface area contributed by atoms with E-state index >= 15 is 0 Å². The molecule has 0 saturated carbocycles. The van der Waals surface area contributed by atoms with Gasteiger partial charge >= 0.3 is 6.09 Å². The van der Waals surface area contributed by atoms with Crippen molar-refractivity contribution in [3.8, 4) is 5.75 Å². The molecule has 4 nitrogen and oxygen atoms in total. The van der Waals surface area contributed by atoms with Crippen LogP contribution >= 0.6 is 0 Å². The van der Waals surface area contributed by atoms with Gasteiger partial charge in [0.2, 0.25) is 0 Å². The largest absolute Gasteiger partial charge is 0.497 e. The summed E-state index contributed by atoms with van der Waals surface area (Å²) < 4.78 is 10.6. The van der Waals surface area contributed by atoms with Crippen molar-refractivity contribution in [1.29, 1.82) is 0 Å². The third-order valence-corrected chi connectivity index (χ3v) is 3.56. The molecule has 17 heavy (non-hydrogen) atoms. The summed E-state index contributed by atoms with van der Waals surface area (Å²) in [7, 11) is 1.64. The second-order valence-corrected chi connectivity index (χ2v) is 4.48. The van der Waals surface area contributed by atoms with E-state index in [1.807, 2.05) is 29.2 Å². The first kappa shape index (κ1) is 10.4. The third kappa shape index (κ3) is 1.64. The number of carbonyl (C=O) groups excluding carboxylic acids is 1. The molecule has 2 heterocycles. The maximum atomic E-state index is 11.6. The van der Waals surface area contributed by atoms with E-state index < -0.39 is 0 Å². The Morgan fingerprint density at radius 1 is 1.35 bits per heavy atom. The first-order valence-electron chi connectivity index (χ1n) is 5.91. The van der Waals surface area contributed by atoms with E-state index in [0.717, 1.165) is 30.7 Å². The minimum absolute atomic E-state index is 0.115. The van der Waals surface area contributed by atoms with Crippen LogP contribution in [0, 0.1) is 0 Å². The molecule has 1 amide bonds. The van der Waals surface area contributed by atoms with E-state index in [2.05, 4.69) is 0 Å². The summed E-state index contributed by atoms with van der Waals surface area (Å²) in [6, 6.07) is 7.97. The van der Waals surface area contributed by atoms with Crippen LogP contribution in [0.5, 0.6) is 5.75 Å². The lowest BCUT2D eigenvalue weighted by Crippen LogP contribution is -2.27. The molecule has 0 aromatic heterocycles. The molecule has 0 radical (unpaired) electrons. The van der Waals surface area contributed by atoms with Gasteiger partial charge in [-0.2, -0.15) is 0 Å². The van der Waals surface area contributed by atoms with E-state index in [-0.39, 0.29) is 18.2 Å². The van der Waals surface area contributed by atoms with Gasteiger partial charge in [0.1, 0.15) is 11.9 Å². The molecule has 0 N–H and O–H groups in total. The summed E-state index contributed by atoms with van der Waals surface area (Å²) in [4.78, 5) is 13.5. The van der Waals surface area contributed by atoms with Gasteiger partial charge in [-0.05, 0) is 30.5 Å². The highest BCUT2D eigenvalue weighted by Gasteiger charge is 2.44. The number of hydrogen-bond donors (Lipinski definition) is 0. The first-order valence-corrected chi connectivity index (χ1v) is 5.91. The normalized spacial score (nSPS) is 26.9. The van der Waals surface area contributed by atoms with Gasteiger partial charge in [0.25, 0.3) is 0 Å². The number of carbonyl (C=O) groups is 1. The molecule has 3 rings (SSSR count). The van der Waals surface area contributed by atoms with E-state index in [1.54, 1.807) is 7.11 Å². The SMILES string of the molecule is COc1ccc([C@@H]2OC(=O)N3CCC[C@@H]23)cc1. The van der Waals surface area contributed by atoms with Crippen LogP contribution in [-0.4, -0.2) is 30.7 Å². The number of cyclic esters (lactones) is 1. The van der Waals surface area contributed by atoms with Crippen molar-refractivity contribution < 1.29 is 14.3 Å². The fraction of sp³-hybridized carbons (Fsp3) is 0.462. The Morgan fingerprint density at radius 3 is 2.82 bits per heavy atom. The Morgan fingerprint density at radius 2 is 2.12 bits per heavy atom. The van der Waals surface area contributed by atoms with Crippen LogP contribution < -0.4 is 4.74 Å². The van der Waals surface area contributed by atoms with Gasteiger partial charge in [-0.25, -0.2) is 4.79 Å². The Labute approximate surface area is 100 Å². The molecule has 4 heteroatoms. The van der Waals surface area contributed by atoms with Crippen LogP contribution in [0.4, 0.5) is 4.79 Å². The Hall–Kier alpha value is -1.71. The van der Waals surface area contributed by atoms with Crippen molar-refractivity contribution in [2.45, 2.75) is 25.0 Å². The van der Waals surface area contributed by atoms with Gasteiger partial charge in [0.05, 0.1) is 13.2 Å². The standard InChI is InChI=1S/C13H15NO3/c1-16-10-6-4-9(5-7-10)12-11-3-2-8-14(11)13(15)17-12/h4-7,11-12H,2-3,8H2,1H3/t11-,12-/m0/s1. The molecule has 0 spiro atoms. The van der Waals surface area contributed by atoms with E-state index in [1.165, 1.54) is 0 Å². The lowest BCUT2D eigenvalue weighted by molar-refractivity contribution is 0.127. The number of rotatable bonds is 2. The van der Waals surface area contributed by atoms with Gasteiger partial charge in [-0.15, -0.1) is 0 Å². The number of ether oxygens (including phenoxy) is 2. The molecule has 0 unspecified atom stereocenters. The summed E-state index contributed by atoms with van der Waals surface area (Å²) in [5, 5.41) is 0. The van der Waals surface area contributed by atoms with Crippen molar-refractivity contribution in [1.82, 2.24) is 4.90 Å². The second kappa shape index (κ2) is 3.95. The summed E-state index contributed by atoms with van der Waals surface area (Å²) in [5.41, 5.74) is 1.05. The number of benzene rings is 1. The van der Waals surface area contributed by atoms with Gasteiger partial charge in [0.15, 0.2) is 0 Å².